The smallest absolute Gasteiger partial charge is 0.462 e. The third-order valence-electron chi connectivity index (χ3n) is 5.01. The molecule has 15 heteroatoms. The molecule has 0 spiro atoms. The van der Waals surface area contributed by atoms with Gasteiger partial charge < -0.3 is 25.6 Å². The van der Waals surface area contributed by atoms with E-state index in [0.29, 0.717) is 11.3 Å². The number of hydrogen-bond donors (Lipinski definition) is 4. The molecule has 13 nitrogen and oxygen atoms in total. The van der Waals surface area contributed by atoms with Crippen molar-refractivity contribution in [3.63, 3.8) is 0 Å². The van der Waals surface area contributed by atoms with Crippen LogP contribution in [0, 0.1) is 0 Å². The number of aromatic nitrogens is 4. The van der Waals surface area contributed by atoms with E-state index in [1.807, 2.05) is 0 Å². The monoisotopic (exact) mass is 488 g/mol. The number of aliphatic hydroxyl groups excluding tert-OH is 1. The number of nitrogen functional groups attached to an aromatic ring is 1. The number of imidazole rings is 1. The summed E-state index contributed by atoms with van der Waals surface area (Å²) in [6.07, 6.45) is -3.12. The van der Waals surface area contributed by atoms with Crippen LogP contribution in [0.4, 0.5) is 16.2 Å². The topological polar surface area (TPSA) is 176 Å². The van der Waals surface area contributed by atoms with Crippen LogP contribution in [0.25, 0.3) is 11.2 Å². The summed E-state index contributed by atoms with van der Waals surface area (Å²) >= 11 is 0. The molecule has 1 aliphatic heterocycles. The van der Waals surface area contributed by atoms with Crippen molar-refractivity contribution < 1.29 is 32.9 Å². The van der Waals surface area contributed by atoms with Gasteiger partial charge in [0, 0.05) is 7.05 Å². The highest BCUT2D eigenvalue weighted by molar-refractivity contribution is 7.36. The molecular weight excluding hydrogens is 460 g/mol. The van der Waals surface area contributed by atoms with Crippen LogP contribution >= 0.6 is 8.18 Å². The first-order valence-electron chi connectivity index (χ1n) is 10.2. The lowest BCUT2D eigenvalue weighted by molar-refractivity contribution is -0.149. The summed E-state index contributed by atoms with van der Waals surface area (Å²) in [5, 5.41) is 15.8. The van der Waals surface area contributed by atoms with Gasteiger partial charge in [-0.05, 0) is 32.3 Å². The van der Waals surface area contributed by atoms with Gasteiger partial charge in [0.1, 0.15) is 24.9 Å². The lowest BCUT2D eigenvalue weighted by atomic mass is 9.98. The van der Waals surface area contributed by atoms with Crippen LogP contribution in [0.5, 0.6) is 0 Å². The first kappa shape index (κ1) is 25.1. The summed E-state index contributed by atoms with van der Waals surface area (Å²) in [5.74, 6) is -0.302. The van der Waals surface area contributed by atoms with Crippen molar-refractivity contribution in [2.24, 2.45) is 0 Å². The molecule has 0 bridgehead atoms. The van der Waals surface area contributed by atoms with E-state index in [-0.39, 0.29) is 17.7 Å². The Morgan fingerprint density at radius 2 is 2.15 bits per heavy atom. The lowest BCUT2D eigenvalue weighted by Gasteiger charge is -2.24. The van der Waals surface area contributed by atoms with Crippen molar-refractivity contribution in [3.05, 3.63) is 6.33 Å². The number of halogens is 1. The molecule has 6 atom stereocenters. The Balaban J connectivity index is 1.70. The van der Waals surface area contributed by atoms with E-state index < -0.39 is 50.9 Å². The molecule has 1 unspecified atom stereocenters. The second-order valence-electron chi connectivity index (χ2n) is 8.02. The third-order valence-corrected chi connectivity index (χ3v) is 5.99. The van der Waals surface area contributed by atoms with Gasteiger partial charge in [-0.3, -0.25) is 9.36 Å². The van der Waals surface area contributed by atoms with Crippen LogP contribution in [0.1, 0.15) is 33.9 Å². The highest BCUT2D eigenvalue weighted by atomic mass is 31.1. The molecule has 0 saturated carbocycles. The number of hydrogen-bond acceptors (Lipinski definition) is 11. The fraction of sp³-hybridized carbons (Fsp3) is 0.667. The average Bonchev–Trinajstić information content (AvgIpc) is 3.24. The molecule has 0 aromatic carbocycles. The number of nitrogens with two attached hydrogens (primary N) is 1. The summed E-state index contributed by atoms with van der Waals surface area (Å²) in [4.78, 5) is 24.2. The summed E-state index contributed by atoms with van der Waals surface area (Å²) in [6.45, 7) is 5.60. The number of esters is 1. The lowest BCUT2D eigenvalue weighted by Crippen LogP contribution is -2.40. The van der Waals surface area contributed by atoms with E-state index >= 15 is 4.39 Å². The fourth-order valence-corrected chi connectivity index (χ4v) is 4.13. The highest BCUT2D eigenvalue weighted by Crippen LogP contribution is 2.43. The van der Waals surface area contributed by atoms with Crippen molar-refractivity contribution >= 4 is 37.1 Å². The molecule has 5 N–H and O–H groups in total. The Morgan fingerprint density at radius 3 is 2.79 bits per heavy atom. The maximum absolute atomic E-state index is 15.5. The van der Waals surface area contributed by atoms with Gasteiger partial charge in [-0.25, -0.2) is 9.37 Å². The molecule has 182 valence electrons. The number of alkyl halides is 1. The zero-order chi connectivity index (χ0) is 24.5. The molecule has 0 aliphatic carbocycles. The van der Waals surface area contributed by atoms with E-state index in [9.17, 15) is 14.5 Å². The largest absolute Gasteiger partial charge is 0.613 e. The molecule has 2 aromatic rings. The quantitative estimate of drug-likeness (QED) is 0.292. The second-order valence-corrected chi connectivity index (χ2v) is 9.05. The van der Waals surface area contributed by atoms with Crippen molar-refractivity contribution in [1.82, 2.24) is 24.6 Å². The minimum absolute atomic E-state index is 0.0548. The Labute approximate surface area is 190 Å². The first-order chi connectivity index (χ1) is 15.4. The summed E-state index contributed by atoms with van der Waals surface area (Å²) in [6, 6.07) is -0.895. The minimum Gasteiger partial charge on any atom is -0.462 e. The number of rotatable bonds is 9. The van der Waals surface area contributed by atoms with E-state index in [1.165, 1.54) is 24.7 Å². The van der Waals surface area contributed by atoms with Crippen LogP contribution in [-0.4, -0.2) is 74.3 Å². The van der Waals surface area contributed by atoms with E-state index in [0.717, 1.165) is 0 Å². The predicted molar refractivity (Wildman–Crippen MR) is 116 cm³/mol. The van der Waals surface area contributed by atoms with Gasteiger partial charge in [0.15, 0.2) is 28.9 Å². The number of aliphatic hydroxyl groups is 1. The molecular formula is C18H28FN7O6P+. The molecule has 0 amide bonds. The van der Waals surface area contributed by atoms with E-state index in [1.54, 1.807) is 20.9 Å². The Bertz CT molecular complexity index is 1040. The van der Waals surface area contributed by atoms with Gasteiger partial charge in [0.05, 0.1) is 12.4 Å². The van der Waals surface area contributed by atoms with E-state index in [4.69, 9.17) is 19.7 Å². The number of anilines is 2. The second kappa shape index (κ2) is 9.77. The molecule has 1 aliphatic rings. The Hall–Kier alpha value is -2.51. The molecule has 1 fully saturated rings. The van der Waals surface area contributed by atoms with Gasteiger partial charge in [-0.15, -0.1) is 4.52 Å². The zero-order valence-electron chi connectivity index (χ0n) is 18.9. The number of nitrogens with one attached hydrogen (secondary N) is 2. The van der Waals surface area contributed by atoms with Crippen LogP contribution in [0.3, 0.4) is 0 Å². The number of carbonyl (C=O) groups is 1. The summed E-state index contributed by atoms with van der Waals surface area (Å²) in [7, 11) is -0.895. The number of fused-ring (bicyclic) bond motifs is 1. The van der Waals surface area contributed by atoms with Crippen molar-refractivity contribution in [2.45, 2.75) is 63.9 Å². The highest BCUT2D eigenvalue weighted by Gasteiger charge is 2.56. The number of carbonyl (C=O) groups excluding carboxylic acids is 1. The molecule has 3 heterocycles. The number of ether oxygens (including phenoxy) is 2. The van der Waals surface area contributed by atoms with Gasteiger partial charge in [0.25, 0.3) is 0 Å². The van der Waals surface area contributed by atoms with Crippen LogP contribution in [0.2, 0.25) is 0 Å². The predicted octanol–water partition coefficient (Wildman–Crippen LogP) is 1.04. The maximum Gasteiger partial charge on any atom is 0.613 e. The summed E-state index contributed by atoms with van der Waals surface area (Å²) < 4.78 is 44.9. The molecule has 3 rings (SSSR count). The van der Waals surface area contributed by atoms with Crippen molar-refractivity contribution in [3.8, 4) is 0 Å². The van der Waals surface area contributed by atoms with Gasteiger partial charge in [-0.2, -0.15) is 9.97 Å². The number of nitrogens with zero attached hydrogens (tertiary/aromatic N) is 4. The maximum atomic E-state index is 15.5. The molecule has 33 heavy (non-hydrogen) atoms. The van der Waals surface area contributed by atoms with Crippen LogP contribution in [0.15, 0.2) is 6.33 Å². The van der Waals surface area contributed by atoms with Crippen LogP contribution in [-0.2, 0) is 23.4 Å². The Kier molecular flexibility index (Phi) is 7.44. The van der Waals surface area contributed by atoms with E-state index in [2.05, 4.69) is 25.4 Å². The molecule has 1 saturated heterocycles. The minimum atomic E-state index is -2.52. The first-order valence-corrected chi connectivity index (χ1v) is 11.4. The summed E-state index contributed by atoms with van der Waals surface area (Å²) in [5.41, 5.74) is 4.02. The standard InChI is InChI=1S/C18H28FN7O6P/c1-8(2)31-15(28)9(3)25-33(29)30-6-10-12(27)18(4,19)16(32-10)26-7-22-11-13(21-5)23-17(20)24-14(11)26/h7-10,12,16,27H,6H2,1-5H3,(H,25,29)(H3,20,21,23,24)/q+1/t9-,10+,12+,16+,18+/m0/s1. The normalized spacial score (nSPS) is 26.5. The van der Waals surface area contributed by atoms with Crippen LogP contribution < -0.4 is 16.1 Å². The van der Waals surface area contributed by atoms with Crippen molar-refractivity contribution in [1.29, 1.82) is 0 Å². The fourth-order valence-electron chi connectivity index (χ4n) is 3.35. The van der Waals surface area contributed by atoms with Gasteiger partial charge in [0.2, 0.25) is 5.95 Å². The van der Waals surface area contributed by atoms with Crippen molar-refractivity contribution in [2.75, 3.05) is 24.7 Å². The third kappa shape index (κ3) is 5.20. The molecule has 2 aromatic heterocycles. The average molecular weight is 488 g/mol. The SMILES string of the molecule is CNc1nc(N)nc2c1ncn2[C@@H]1O[C@H](CO[P+](=O)N[C@@H](C)C(=O)OC(C)C)[C@@H](O)[C@@]1(C)F. The van der Waals surface area contributed by atoms with Gasteiger partial charge >= 0.3 is 14.1 Å². The molecule has 0 radical (unpaired) electrons. The zero-order valence-corrected chi connectivity index (χ0v) is 19.7. The Morgan fingerprint density at radius 1 is 1.45 bits per heavy atom. The van der Waals surface area contributed by atoms with Gasteiger partial charge in [-0.1, -0.05) is 5.09 Å².